The van der Waals surface area contributed by atoms with Gasteiger partial charge in [-0.25, -0.2) is 5.06 Å². The van der Waals surface area contributed by atoms with Crippen molar-refractivity contribution in [3.63, 3.8) is 0 Å². The maximum atomic E-state index is 13.1. The minimum Gasteiger partial charge on any atom is -0.344 e. The molecule has 0 spiro atoms. The van der Waals surface area contributed by atoms with Crippen molar-refractivity contribution in [1.29, 1.82) is 5.26 Å². The van der Waals surface area contributed by atoms with E-state index in [4.69, 9.17) is 14.8 Å². The van der Waals surface area contributed by atoms with Crippen LogP contribution in [0.3, 0.4) is 0 Å². The third-order valence-corrected chi connectivity index (χ3v) is 3.78. The standard InChI is InChI=1S/C15H16F3N3O3/c1-9-21(8-13(24-9)14(22)20(2)23-3)11-5-4-10(7-19)12(6-11)15(16,17)18/h4-6,9,13H,8H2,1-3H3/t9-,13+/m1/s1. The van der Waals surface area contributed by atoms with Crippen LogP contribution in [-0.2, 0) is 20.5 Å². The molecule has 24 heavy (non-hydrogen) atoms. The lowest BCUT2D eigenvalue weighted by atomic mass is 10.1. The number of likely N-dealkylation sites (N-methyl/N-ethyl adjacent to an activating group) is 1. The van der Waals surface area contributed by atoms with Gasteiger partial charge in [0.05, 0.1) is 30.9 Å². The van der Waals surface area contributed by atoms with Crippen LogP contribution in [0.1, 0.15) is 18.1 Å². The minimum atomic E-state index is -4.64. The molecule has 0 radical (unpaired) electrons. The van der Waals surface area contributed by atoms with E-state index >= 15 is 0 Å². The molecule has 1 aromatic rings. The lowest BCUT2D eigenvalue weighted by Gasteiger charge is -2.23. The topological polar surface area (TPSA) is 65.8 Å². The van der Waals surface area contributed by atoms with Crippen molar-refractivity contribution in [1.82, 2.24) is 5.06 Å². The van der Waals surface area contributed by atoms with Crippen molar-refractivity contribution in [2.45, 2.75) is 25.4 Å². The highest BCUT2D eigenvalue weighted by Crippen LogP contribution is 2.36. The quantitative estimate of drug-likeness (QED) is 0.787. The van der Waals surface area contributed by atoms with Gasteiger partial charge in [0.25, 0.3) is 5.91 Å². The van der Waals surface area contributed by atoms with Crippen molar-refractivity contribution < 1.29 is 27.5 Å². The number of ether oxygens (including phenoxy) is 1. The summed E-state index contributed by atoms with van der Waals surface area (Å²) in [4.78, 5) is 18.4. The van der Waals surface area contributed by atoms with E-state index in [9.17, 15) is 18.0 Å². The summed E-state index contributed by atoms with van der Waals surface area (Å²) in [7, 11) is 2.74. The molecule has 130 valence electrons. The van der Waals surface area contributed by atoms with Crippen molar-refractivity contribution in [2.75, 3.05) is 25.6 Å². The number of amides is 1. The molecule has 2 rings (SSSR count). The zero-order valence-electron chi connectivity index (χ0n) is 13.3. The number of carbonyl (C=O) groups is 1. The highest BCUT2D eigenvalue weighted by molar-refractivity contribution is 5.81. The first-order valence-electron chi connectivity index (χ1n) is 7.04. The van der Waals surface area contributed by atoms with Crippen LogP contribution in [0.25, 0.3) is 0 Å². The Kier molecular flexibility index (Phi) is 5.01. The summed E-state index contributed by atoms with van der Waals surface area (Å²) in [5, 5.41) is 9.84. The molecule has 1 heterocycles. The number of rotatable bonds is 3. The van der Waals surface area contributed by atoms with Gasteiger partial charge in [0.1, 0.15) is 6.23 Å². The summed E-state index contributed by atoms with van der Waals surface area (Å²) in [5.41, 5.74) is -1.24. The molecule has 1 aromatic carbocycles. The van der Waals surface area contributed by atoms with Gasteiger partial charge in [0, 0.05) is 12.7 Å². The SMILES string of the molecule is CON(C)C(=O)[C@@H]1CN(c2ccc(C#N)c(C(F)(F)F)c2)[C@@H](C)O1. The number of anilines is 1. The molecule has 9 heteroatoms. The number of nitrogens with zero attached hydrogens (tertiary/aromatic N) is 3. The van der Waals surface area contributed by atoms with Crippen LogP contribution in [0.2, 0.25) is 0 Å². The number of carbonyl (C=O) groups excluding carboxylic acids is 1. The molecular formula is C15H16F3N3O3. The summed E-state index contributed by atoms with van der Waals surface area (Å²) in [5.74, 6) is -0.434. The zero-order valence-corrected chi connectivity index (χ0v) is 13.3. The summed E-state index contributed by atoms with van der Waals surface area (Å²) in [6.07, 6.45) is -6.09. The van der Waals surface area contributed by atoms with E-state index in [-0.39, 0.29) is 12.2 Å². The number of benzene rings is 1. The zero-order chi connectivity index (χ0) is 18.1. The van der Waals surface area contributed by atoms with E-state index in [0.717, 1.165) is 17.2 Å². The van der Waals surface area contributed by atoms with Crippen molar-refractivity contribution >= 4 is 11.6 Å². The van der Waals surface area contributed by atoms with E-state index in [2.05, 4.69) is 0 Å². The molecule has 1 fully saturated rings. The van der Waals surface area contributed by atoms with Gasteiger partial charge in [-0.15, -0.1) is 0 Å². The molecule has 1 aliphatic heterocycles. The van der Waals surface area contributed by atoms with Crippen LogP contribution in [0.5, 0.6) is 0 Å². The fourth-order valence-electron chi connectivity index (χ4n) is 2.47. The predicted octanol–water partition coefficient (Wildman–Crippen LogP) is 2.15. The summed E-state index contributed by atoms with van der Waals surface area (Å²) in [6, 6.07) is 4.94. The second-order valence-corrected chi connectivity index (χ2v) is 5.23. The molecule has 1 amide bonds. The van der Waals surface area contributed by atoms with Crippen LogP contribution in [0.4, 0.5) is 18.9 Å². The monoisotopic (exact) mass is 343 g/mol. The Morgan fingerprint density at radius 3 is 2.71 bits per heavy atom. The average molecular weight is 343 g/mol. The molecule has 0 N–H and O–H groups in total. The third-order valence-electron chi connectivity index (χ3n) is 3.78. The van der Waals surface area contributed by atoms with Gasteiger partial charge in [-0.05, 0) is 25.1 Å². The first-order chi connectivity index (χ1) is 11.2. The van der Waals surface area contributed by atoms with E-state index in [1.807, 2.05) is 0 Å². The molecule has 0 aromatic heterocycles. The van der Waals surface area contributed by atoms with Gasteiger partial charge >= 0.3 is 6.18 Å². The Morgan fingerprint density at radius 2 is 2.17 bits per heavy atom. The largest absolute Gasteiger partial charge is 0.417 e. The highest BCUT2D eigenvalue weighted by atomic mass is 19.4. The molecular weight excluding hydrogens is 327 g/mol. The molecule has 6 nitrogen and oxygen atoms in total. The maximum Gasteiger partial charge on any atom is 0.417 e. The second kappa shape index (κ2) is 6.67. The maximum absolute atomic E-state index is 13.1. The van der Waals surface area contributed by atoms with E-state index in [1.54, 1.807) is 6.92 Å². The Balaban J connectivity index is 2.30. The second-order valence-electron chi connectivity index (χ2n) is 5.23. The molecule has 1 aliphatic rings. The van der Waals surface area contributed by atoms with Gasteiger partial charge in [0.15, 0.2) is 6.10 Å². The van der Waals surface area contributed by atoms with Crippen LogP contribution < -0.4 is 4.90 Å². The summed E-state index contributed by atoms with van der Waals surface area (Å²) >= 11 is 0. The van der Waals surface area contributed by atoms with Crippen molar-refractivity contribution in [2.24, 2.45) is 0 Å². The Bertz CT molecular complexity index is 672. The Hall–Kier alpha value is -2.31. The number of alkyl halides is 3. The number of halogens is 3. The predicted molar refractivity (Wildman–Crippen MR) is 77.6 cm³/mol. The molecule has 0 aliphatic carbocycles. The molecule has 0 unspecified atom stereocenters. The van der Waals surface area contributed by atoms with Gasteiger partial charge in [-0.2, -0.15) is 18.4 Å². The average Bonchev–Trinajstić information content (AvgIpc) is 2.93. The van der Waals surface area contributed by atoms with Gasteiger partial charge < -0.3 is 9.64 Å². The highest BCUT2D eigenvalue weighted by Gasteiger charge is 2.38. The van der Waals surface area contributed by atoms with E-state index in [1.165, 1.54) is 31.2 Å². The Morgan fingerprint density at radius 1 is 1.50 bits per heavy atom. The number of nitriles is 1. The third kappa shape index (κ3) is 3.44. The van der Waals surface area contributed by atoms with Gasteiger partial charge in [-0.1, -0.05) is 0 Å². The first kappa shape index (κ1) is 18.0. The number of hydrogen-bond donors (Lipinski definition) is 0. The molecule has 1 saturated heterocycles. The molecule has 0 saturated carbocycles. The van der Waals surface area contributed by atoms with Crippen LogP contribution in [-0.4, -0.2) is 44.0 Å². The summed E-state index contributed by atoms with van der Waals surface area (Å²) in [6.45, 7) is 1.71. The Labute approximate surface area is 136 Å². The van der Waals surface area contributed by atoms with Crippen molar-refractivity contribution in [3.8, 4) is 6.07 Å². The lowest BCUT2D eigenvalue weighted by Crippen LogP contribution is -2.38. The minimum absolute atomic E-state index is 0.0803. The molecule has 2 atom stereocenters. The van der Waals surface area contributed by atoms with Crippen LogP contribution >= 0.6 is 0 Å². The fourth-order valence-corrected chi connectivity index (χ4v) is 2.47. The first-order valence-corrected chi connectivity index (χ1v) is 7.04. The molecule has 0 bridgehead atoms. The van der Waals surface area contributed by atoms with E-state index in [0.29, 0.717) is 0 Å². The number of hydroxylamine groups is 2. The van der Waals surface area contributed by atoms with E-state index < -0.39 is 35.5 Å². The van der Waals surface area contributed by atoms with Crippen LogP contribution in [0, 0.1) is 11.3 Å². The smallest absolute Gasteiger partial charge is 0.344 e. The summed E-state index contributed by atoms with van der Waals surface area (Å²) < 4.78 is 44.7. The fraction of sp³-hybridized carbons (Fsp3) is 0.467. The van der Waals surface area contributed by atoms with Crippen LogP contribution in [0.15, 0.2) is 18.2 Å². The van der Waals surface area contributed by atoms with Gasteiger partial charge in [0.2, 0.25) is 0 Å². The van der Waals surface area contributed by atoms with Crippen molar-refractivity contribution in [3.05, 3.63) is 29.3 Å². The normalized spacial score (nSPS) is 20.8. The number of hydrogen-bond acceptors (Lipinski definition) is 5. The lowest BCUT2D eigenvalue weighted by molar-refractivity contribution is -0.179. The van der Waals surface area contributed by atoms with Gasteiger partial charge in [-0.3, -0.25) is 9.63 Å².